The highest BCUT2D eigenvalue weighted by Crippen LogP contribution is 2.40. The molecule has 18 nitrogen and oxygen atoms in total. The Labute approximate surface area is 448 Å². The molecule has 4 aromatic carbocycles. The van der Waals surface area contributed by atoms with Crippen molar-refractivity contribution < 1.29 is 24.9 Å². The standard InChI is InChI=1S/C57H66ClN13O5/c1-4-51(74)70-30-29-69(35-42(70)15-20-59)54-43-19-24-68(48-10-6-8-40-7-5-9-46(58)53(40)48)36-47(43)61-56(62-54)60-21-16-52(75)67-22-17-39(18-23-67)34-66-27-25-65(26-28-66)33-38-11-13-41(14-12-38)71-55(63-64-57(71)76)45-31-44(37(2)3)49(72)32-50(45)73/h4-14,31-32,37,39,42,72-73H,1,15-19,21-30,33-36H2,2-3H3,(H,64,76)(H,60,61,62). The number of nitrogens with one attached hydrogen (secondary N) is 1. The van der Waals surface area contributed by atoms with Crippen LogP contribution in [-0.2, 0) is 29.1 Å². The van der Waals surface area contributed by atoms with Crippen molar-refractivity contribution in [3.8, 4) is 40.7 Å². The lowest BCUT2D eigenvalue weighted by atomic mass is 9.95. The number of carbonyl (C=O) groups excluding carboxylic acids is 2. The zero-order valence-electron chi connectivity index (χ0n) is 43.3. The van der Waals surface area contributed by atoms with Gasteiger partial charge in [0.15, 0.2) is 5.82 Å². The Bertz CT molecular complexity index is 3140. The van der Waals surface area contributed by atoms with E-state index >= 15 is 0 Å². The molecule has 1 atom stereocenters. The Morgan fingerprint density at radius 2 is 1.63 bits per heavy atom. The third kappa shape index (κ3) is 11.1. The van der Waals surface area contributed by atoms with E-state index in [9.17, 15) is 30.2 Å². The number of fused-ring (bicyclic) bond motifs is 2. The van der Waals surface area contributed by atoms with Crippen molar-refractivity contribution in [1.82, 2.24) is 44.3 Å². The molecule has 0 spiro atoms. The molecular weight excluding hydrogens is 982 g/mol. The number of hydrogen-bond acceptors (Lipinski definition) is 15. The van der Waals surface area contributed by atoms with Crippen LogP contribution in [0, 0.1) is 17.2 Å². The molecule has 0 bridgehead atoms. The van der Waals surface area contributed by atoms with Crippen LogP contribution in [-0.4, -0.2) is 156 Å². The van der Waals surface area contributed by atoms with Gasteiger partial charge in [0.1, 0.15) is 17.3 Å². The molecule has 1 unspecified atom stereocenters. The summed E-state index contributed by atoms with van der Waals surface area (Å²) in [6.07, 6.45) is 4.45. The van der Waals surface area contributed by atoms with Gasteiger partial charge in [-0.25, -0.2) is 9.55 Å². The summed E-state index contributed by atoms with van der Waals surface area (Å²) in [5, 5.41) is 55.8. The van der Waals surface area contributed by atoms with Gasteiger partial charge in [-0.3, -0.25) is 14.5 Å². The fourth-order valence-electron chi connectivity index (χ4n) is 11.5. The second-order valence-electron chi connectivity index (χ2n) is 20.8. The van der Waals surface area contributed by atoms with Crippen molar-refractivity contribution in [2.24, 2.45) is 5.92 Å². The second kappa shape index (κ2) is 22.8. The number of nitrogens with zero attached hydrogens (tertiary/aromatic N) is 12. The van der Waals surface area contributed by atoms with Gasteiger partial charge in [-0.05, 0) is 84.0 Å². The van der Waals surface area contributed by atoms with E-state index in [0.29, 0.717) is 79.3 Å². The van der Waals surface area contributed by atoms with E-state index in [4.69, 9.17) is 21.6 Å². The van der Waals surface area contributed by atoms with Gasteiger partial charge in [0.2, 0.25) is 17.8 Å². The molecule has 396 valence electrons. The molecule has 0 aliphatic carbocycles. The summed E-state index contributed by atoms with van der Waals surface area (Å²) < 4.78 is 1.49. The summed E-state index contributed by atoms with van der Waals surface area (Å²) in [6.45, 7) is 17.8. The molecule has 0 saturated carbocycles. The SMILES string of the molecule is C=CC(=O)N1CCN(c2nc(NCCC(=O)N3CCC(CN4CCN(Cc5ccc(-n6c(O)nnc6-c6cc(C(C)C)c(O)cc6O)cc5)CC4)CC3)nc3c2CCN(c2cccc4cccc(Cl)c24)C3)CC1CC#N. The molecule has 3 fully saturated rings. The highest BCUT2D eigenvalue weighted by Gasteiger charge is 2.34. The van der Waals surface area contributed by atoms with Crippen LogP contribution in [0.2, 0.25) is 5.02 Å². The molecule has 3 saturated heterocycles. The average Bonchev–Trinajstić information content (AvgIpc) is 3.82. The molecule has 10 rings (SSSR count). The minimum Gasteiger partial charge on any atom is -0.508 e. The maximum absolute atomic E-state index is 13.7. The number of rotatable bonds is 15. The molecule has 6 heterocycles. The molecule has 19 heteroatoms. The normalized spacial score (nSPS) is 17.8. The number of anilines is 3. The van der Waals surface area contributed by atoms with Crippen LogP contribution in [0.25, 0.3) is 27.8 Å². The van der Waals surface area contributed by atoms with Gasteiger partial charge in [-0.2, -0.15) is 10.2 Å². The van der Waals surface area contributed by atoms with Gasteiger partial charge in [0, 0.05) is 114 Å². The lowest BCUT2D eigenvalue weighted by Crippen LogP contribution is -2.55. The minimum atomic E-state index is -0.309. The summed E-state index contributed by atoms with van der Waals surface area (Å²) in [6, 6.07) is 24.7. The van der Waals surface area contributed by atoms with Crippen LogP contribution in [0.1, 0.15) is 67.8 Å². The zero-order valence-corrected chi connectivity index (χ0v) is 44.0. The Balaban J connectivity index is 0.715. The summed E-state index contributed by atoms with van der Waals surface area (Å²) in [7, 11) is 0. The van der Waals surface area contributed by atoms with Crippen molar-refractivity contribution in [3.05, 3.63) is 113 Å². The van der Waals surface area contributed by atoms with Gasteiger partial charge >= 0.3 is 6.01 Å². The number of halogens is 1. The number of phenols is 2. The van der Waals surface area contributed by atoms with E-state index < -0.39 is 0 Å². The smallest absolute Gasteiger partial charge is 0.319 e. The predicted octanol–water partition coefficient (Wildman–Crippen LogP) is 7.31. The van der Waals surface area contributed by atoms with E-state index in [-0.39, 0.29) is 53.5 Å². The predicted molar refractivity (Wildman–Crippen MR) is 294 cm³/mol. The van der Waals surface area contributed by atoms with E-state index in [1.165, 1.54) is 16.7 Å². The number of benzene rings is 4. The number of piperidine rings is 1. The maximum atomic E-state index is 13.7. The first-order chi connectivity index (χ1) is 36.8. The summed E-state index contributed by atoms with van der Waals surface area (Å²) in [5.41, 5.74) is 5.80. The molecule has 0 radical (unpaired) electrons. The number of phenolic OH excluding ortho intramolecular Hbond substituents is 2. The first-order valence-corrected chi connectivity index (χ1v) is 26.9. The van der Waals surface area contributed by atoms with Crippen LogP contribution in [0.3, 0.4) is 0 Å². The zero-order chi connectivity index (χ0) is 53.0. The Kier molecular flexibility index (Phi) is 15.6. The molecule has 6 aromatic rings. The number of hydrogen-bond donors (Lipinski definition) is 4. The third-order valence-electron chi connectivity index (χ3n) is 15.6. The van der Waals surface area contributed by atoms with E-state index in [1.807, 2.05) is 55.1 Å². The molecule has 76 heavy (non-hydrogen) atoms. The summed E-state index contributed by atoms with van der Waals surface area (Å²) in [4.78, 5) is 49.9. The molecule has 2 aromatic heterocycles. The van der Waals surface area contributed by atoms with Crippen molar-refractivity contribution in [1.29, 1.82) is 5.26 Å². The molecule has 4 aliphatic rings. The molecule has 2 amide bonds. The van der Waals surface area contributed by atoms with Crippen LogP contribution < -0.4 is 15.1 Å². The van der Waals surface area contributed by atoms with Gasteiger partial charge in [-0.1, -0.05) is 73.5 Å². The van der Waals surface area contributed by atoms with Gasteiger partial charge in [0.25, 0.3) is 0 Å². The topological polar surface area (TPSA) is 207 Å². The van der Waals surface area contributed by atoms with Crippen LogP contribution in [0.5, 0.6) is 17.5 Å². The minimum absolute atomic E-state index is 0.00134. The Morgan fingerprint density at radius 3 is 2.37 bits per heavy atom. The number of aromatic nitrogens is 5. The lowest BCUT2D eigenvalue weighted by Gasteiger charge is -2.42. The highest BCUT2D eigenvalue weighted by molar-refractivity contribution is 6.36. The van der Waals surface area contributed by atoms with Crippen molar-refractivity contribution in [3.63, 3.8) is 0 Å². The highest BCUT2D eigenvalue weighted by atomic mass is 35.5. The largest absolute Gasteiger partial charge is 0.508 e. The van der Waals surface area contributed by atoms with E-state index in [0.717, 1.165) is 111 Å². The quantitative estimate of drug-likeness (QED) is 0.0745. The summed E-state index contributed by atoms with van der Waals surface area (Å²) in [5.74, 6) is 1.84. The fraction of sp³-hybridized carbons (Fsp3) is 0.421. The van der Waals surface area contributed by atoms with Crippen LogP contribution in [0.4, 0.5) is 17.5 Å². The lowest BCUT2D eigenvalue weighted by molar-refractivity contribution is -0.132. The molecule has 4 N–H and O–H groups in total. The molecular formula is C57H66ClN13O5. The van der Waals surface area contributed by atoms with Crippen LogP contribution in [0.15, 0.2) is 85.5 Å². The number of amides is 2. The maximum Gasteiger partial charge on any atom is 0.319 e. The van der Waals surface area contributed by atoms with Crippen LogP contribution >= 0.6 is 11.6 Å². The number of carbonyl (C=O) groups is 2. The van der Waals surface area contributed by atoms with Gasteiger partial charge < -0.3 is 45.1 Å². The number of aromatic hydroxyl groups is 3. The Morgan fingerprint density at radius 1 is 0.882 bits per heavy atom. The number of nitriles is 1. The fourth-order valence-corrected chi connectivity index (χ4v) is 11.7. The average molecular weight is 1050 g/mol. The van der Waals surface area contributed by atoms with Gasteiger partial charge in [0.05, 0.1) is 47.0 Å². The first-order valence-electron chi connectivity index (χ1n) is 26.5. The van der Waals surface area contributed by atoms with E-state index in [2.05, 4.69) is 72.0 Å². The van der Waals surface area contributed by atoms with E-state index in [1.54, 1.807) is 11.0 Å². The Hall–Kier alpha value is -7.46. The summed E-state index contributed by atoms with van der Waals surface area (Å²) >= 11 is 6.79. The van der Waals surface area contributed by atoms with Crippen molar-refractivity contribution in [2.45, 2.75) is 71.0 Å². The molecule has 4 aliphatic heterocycles. The first kappa shape index (κ1) is 52.0. The second-order valence-corrected chi connectivity index (χ2v) is 21.2. The van der Waals surface area contributed by atoms with Crippen molar-refractivity contribution in [2.75, 3.05) is 93.7 Å². The number of likely N-dealkylation sites (tertiary alicyclic amines) is 1. The van der Waals surface area contributed by atoms with Crippen molar-refractivity contribution >= 4 is 51.6 Å². The van der Waals surface area contributed by atoms with Gasteiger partial charge in [-0.15, -0.1) is 5.10 Å². The monoisotopic (exact) mass is 1050 g/mol. The number of piperazine rings is 2. The third-order valence-corrected chi connectivity index (χ3v) is 15.9.